The lowest BCUT2D eigenvalue weighted by atomic mass is 10.2. The van der Waals surface area contributed by atoms with Crippen molar-refractivity contribution >= 4 is 11.6 Å². The van der Waals surface area contributed by atoms with E-state index in [9.17, 15) is 4.79 Å². The summed E-state index contributed by atoms with van der Waals surface area (Å²) in [6, 6.07) is 24.4. The van der Waals surface area contributed by atoms with Crippen molar-refractivity contribution in [3.63, 3.8) is 0 Å². The van der Waals surface area contributed by atoms with Gasteiger partial charge in [0.25, 0.3) is 5.91 Å². The molecule has 0 radical (unpaired) electrons. The number of aryl methyl sites for hydroxylation is 1. The largest absolute Gasteiger partial charge is 0.481 e. The fourth-order valence-corrected chi connectivity index (χ4v) is 2.44. The van der Waals surface area contributed by atoms with Gasteiger partial charge in [0.05, 0.1) is 5.69 Å². The first-order valence-corrected chi connectivity index (χ1v) is 8.48. The molecule has 0 bridgehead atoms. The zero-order valence-electron chi connectivity index (χ0n) is 14.8. The topological polar surface area (TPSA) is 47.6 Å². The molecule has 3 aromatic rings. The van der Waals surface area contributed by atoms with Crippen LogP contribution in [0.1, 0.15) is 12.5 Å². The van der Waals surface area contributed by atoms with Crippen molar-refractivity contribution in [1.29, 1.82) is 0 Å². The van der Waals surface area contributed by atoms with Crippen LogP contribution in [0.25, 0.3) is 0 Å². The molecule has 3 aromatic carbocycles. The third-order valence-electron chi connectivity index (χ3n) is 3.88. The van der Waals surface area contributed by atoms with Crippen molar-refractivity contribution < 1.29 is 14.3 Å². The summed E-state index contributed by atoms with van der Waals surface area (Å²) in [5.74, 6) is 1.75. The maximum absolute atomic E-state index is 12.5. The van der Waals surface area contributed by atoms with Gasteiger partial charge >= 0.3 is 0 Å². The molecule has 0 saturated carbocycles. The number of carbonyl (C=O) groups is 1. The van der Waals surface area contributed by atoms with Crippen molar-refractivity contribution in [2.75, 3.05) is 5.32 Å². The molecule has 0 aromatic heterocycles. The molecule has 0 aliphatic carbocycles. The molecule has 0 aliphatic heterocycles. The van der Waals surface area contributed by atoms with E-state index in [2.05, 4.69) is 5.32 Å². The summed E-state index contributed by atoms with van der Waals surface area (Å²) in [4.78, 5) is 12.5. The lowest BCUT2D eigenvalue weighted by Crippen LogP contribution is -2.30. The summed E-state index contributed by atoms with van der Waals surface area (Å²) in [6.07, 6.45) is -0.638. The molecule has 3 rings (SSSR count). The van der Waals surface area contributed by atoms with Crippen LogP contribution in [0.4, 0.5) is 5.69 Å². The van der Waals surface area contributed by atoms with Crippen molar-refractivity contribution in [3.8, 4) is 17.2 Å². The Labute approximate surface area is 153 Å². The zero-order chi connectivity index (χ0) is 18.4. The first-order valence-electron chi connectivity index (χ1n) is 8.48. The first kappa shape index (κ1) is 17.5. The van der Waals surface area contributed by atoms with E-state index in [0.29, 0.717) is 22.9 Å². The summed E-state index contributed by atoms with van der Waals surface area (Å²) in [5, 5.41) is 2.88. The van der Waals surface area contributed by atoms with E-state index in [0.717, 1.165) is 5.56 Å². The number of para-hydroxylation sites is 4. The lowest BCUT2D eigenvalue weighted by Gasteiger charge is -2.17. The van der Waals surface area contributed by atoms with Gasteiger partial charge in [0.15, 0.2) is 11.9 Å². The Morgan fingerprint density at radius 1 is 0.846 bits per heavy atom. The fraction of sp³-hybridized carbons (Fsp3) is 0.136. The van der Waals surface area contributed by atoms with Gasteiger partial charge in [-0.15, -0.1) is 0 Å². The van der Waals surface area contributed by atoms with Gasteiger partial charge in [0, 0.05) is 0 Å². The maximum atomic E-state index is 12.5. The highest BCUT2D eigenvalue weighted by molar-refractivity contribution is 5.95. The second kappa shape index (κ2) is 8.21. The molecular weight excluding hydrogens is 326 g/mol. The molecule has 0 saturated heterocycles. The summed E-state index contributed by atoms with van der Waals surface area (Å²) < 4.78 is 11.7. The van der Waals surface area contributed by atoms with E-state index in [4.69, 9.17) is 9.47 Å². The van der Waals surface area contributed by atoms with Crippen molar-refractivity contribution in [1.82, 2.24) is 0 Å². The second-order valence-corrected chi connectivity index (χ2v) is 5.93. The van der Waals surface area contributed by atoms with Crippen LogP contribution in [0.5, 0.6) is 17.2 Å². The van der Waals surface area contributed by atoms with Gasteiger partial charge in [-0.25, -0.2) is 0 Å². The van der Waals surface area contributed by atoms with Gasteiger partial charge in [-0.3, -0.25) is 4.79 Å². The van der Waals surface area contributed by atoms with Gasteiger partial charge in [-0.1, -0.05) is 48.5 Å². The molecule has 4 heteroatoms. The average molecular weight is 347 g/mol. The molecule has 0 unspecified atom stereocenters. The predicted octanol–water partition coefficient (Wildman–Crippen LogP) is 5.19. The summed E-state index contributed by atoms with van der Waals surface area (Å²) in [6.45, 7) is 3.67. The normalized spacial score (nSPS) is 11.5. The summed E-state index contributed by atoms with van der Waals surface area (Å²) in [7, 11) is 0. The Morgan fingerprint density at radius 2 is 1.46 bits per heavy atom. The highest BCUT2D eigenvalue weighted by Crippen LogP contribution is 2.29. The van der Waals surface area contributed by atoms with Gasteiger partial charge in [0.1, 0.15) is 11.5 Å². The van der Waals surface area contributed by atoms with Gasteiger partial charge in [0.2, 0.25) is 0 Å². The minimum atomic E-state index is -0.638. The highest BCUT2D eigenvalue weighted by atomic mass is 16.5. The Balaban J connectivity index is 1.70. The first-order chi connectivity index (χ1) is 12.6. The number of carbonyl (C=O) groups excluding carboxylic acids is 1. The number of nitrogens with one attached hydrogen (secondary N) is 1. The van der Waals surface area contributed by atoms with Crippen LogP contribution < -0.4 is 14.8 Å². The molecular formula is C22H21NO3. The Bertz CT molecular complexity index is 877. The summed E-state index contributed by atoms with van der Waals surface area (Å²) in [5.41, 5.74) is 1.58. The van der Waals surface area contributed by atoms with Gasteiger partial charge in [-0.05, 0) is 49.7 Å². The molecule has 0 fully saturated rings. The van der Waals surface area contributed by atoms with Crippen LogP contribution in [-0.4, -0.2) is 12.0 Å². The SMILES string of the molecule is Cc1ccccc1O[C@@H](C)C(=O)Nc1ccccc1Oc1ccccc1. The molecule has 0 heterocycles. The number of hydrogen-bond donors (Lipinski definition) is 1. The van der Waals surface area contributed by atoms with Crippen LogP contribution in [0.2, 0.25) is 0 Å². The van der Waals surface area contributed by atoms with Gasteiger partial charge in [-0.2, -0.15) is 0 Å². The number of ether oxygens (including phenoxy) is 2. The van der Waals surface area contributed by atoms with E-state index in [1.165, 1.54) is 0 Å². The smallest absolute Gasteiger partial charge is 0.265 e. The van der Waals surface area contributed by atoms with Crippen LogP contribution in [0.3, 0.4) is 0 Å². The number of anilines is 1. The van der Waals surface area contributed by atoms with E-state index in [1.807, 2.05) is 79.7 Å². The number of rotatable bonds is 6. The minimum absolute atomic E-state index is 0.239. The molecule has 0 aliphatic rings. The molecule has 1 N–H and O–H groups in total. The van der Waals surface area contributed by atoms with Crippen molar-refractivity contribution in [2.45, 2.75) is 20.0 Å². The molecule has 0 spiro atoms. The Kier molecular flexibility index (Phi) is 5.54. The maximum Gasteiger partial charge on any atom is 0.265 e. The molecule has 26 heavy (non-hydrogen) atoms. The summed E-state index contributed by atoms with van der Waals surface area (Å²) >= 11 is 0. The van der Waals surface area contributed by atoms with Gasteiger partial charge < -0.3 is 14.8 Å². The van der Waals surface area contributed by atoms with Crippen LogP contribution in [-0.2, 0) is 4.79 Å². The Morgan fingerprint density at radius 3 is 2.19 bits per heavy atom. The third-order valence-corrected chi connectivity index (χ3v) is 3.88. The number of benzene rings is 3. The molecule has 132 valence electrons. The van der Waals surface area contributed by atoms with E-state index in [1.54, 1.807) is 13.0 Å². The fourth-order valence-electron chi connectivity index (χ4n) is 2.44. The predicted molar refractivity (Wildman–Crippen MR) is 103 cm³/mol. The van der Waals surface area contributed by atoms with Crippen LogP contribution in [0.15, 0.2) is 78.9 Å². The van der Waals surface area contributed by atoms with Crippen LogP contribution >= 0.6 is 0 Å². The molecule has 4 nitrogen and oxygen atoms in total. The average Bonchev–Trinajstić information content (AvgIpc) is 2.66. The van der Waals surface area contributed by atoms with E-state index in [-0.39, 0.29) is 5.91 Å². The van der Waals surface area contributed by atoms with E-state index < -0.39 is 6.10 Å². The second-order valence-electron chi connectivity index (χ2n) is 5.93. The minimum Gasteiger partial charge on any atom is -0.481 e. The monoisotopic (exact) mass is 347 g/mol. The zero-order valence-corrected chi connectivity index (χ0v) is 14.8. The quantitative estimate of drug-likeness (QED) is 0.667. The Hall–Kier alpha value is -3.27. The standard InChI is InChI=1S/C22H21NO3/c1-16-10-6-8-14-20(16)25-17(2)22(24)23-19-13-7-9-15-21(19)26-18-11-4-3-5-12-18/h3-15,17H,1-2H3,(H,23,24)/t17-/m0/s1. The van der Waals surface area contributed by atoms with Crippen molar-refractivity contribution in [2.24, 2.45) is 0 Å². The van der Waals surface area contributed by atoms with Crippen molar-refractivity contribution in [3.05, 3.63) is 84.4 Å². The highest BCUT2D eigenvalue weighted by Gasteiger charge is 2.17. The molecule has 1 atom stereocenters. The number of amides is 1. The number of hydrogen-bond acceptors (Lipinski definition) is 3. The van der Waals surface area contributed by atoms with E-state index >= 15 is 0 Å². The lowest BCUT2D eigenvalue weighted by molar-refractivity contribution is -0.122. The van der Waals surface area contributed by atoms with Crippen LogP contribution in [0, 0.1) is 6.92 Å². The third kappa shape index (κ3) is 4.42. The molecule has 1 amide bonds.